The topological polar surface area (TPSA) is 118 Å². The number of hydrogen-bond donors (Lipinski definition) is 3. The second-order valence-corrected chi connectivity index (χ2v) is 9.88. The molecule has 0 radical (unpaired) electrons. The molecule has 4 N–H and O–H groups in total. The molecule has 0 aliphatic carbocycles. The fraction of sp³-hybridized carbons (Fsp3) is 0.360. The third-order valence-electron chi connectivity index (χ3n) is 6.73. The van der Waals surface area contributed by atoms with Crippen LogP contribution >= 0.6 is 15.9 Å². The van der Waals surface area contributed by atoms with Crippen LogP contribution in [0.25, 0.3) is 0 Å². The lowest BCUT2D eigenvalue weighted by molar-refractivity contribution is 0.0995. The van der Waals surface area contributed by atoms with E-state index >= 15 is 0 Å². The van der Waals surface area contributed by atoms with Crippen LogP contribution < -0.4 is 21.1 Å². The van der Waals surface area contributed by atoms with E-state index in [1.807, 2.05) is 25.1 Å². The van der Waals surface area contributed by atoms with Crippen LogP contribution in [0.15, 0.2) is 34.8 Å². The van der Waals surface area contributed by atoms with E-state index in [2.05, 4.69) is 58.8 Å². The van der Waals surface area contributed by atoms with Crippen molar-refractivity contribution in [3.8, 4) is 5.75 Å². The summed E-state index contributed by atoms with van der Waals surface area (Å²) in [5.74, 6) is 0.447. The number of benzene rings is 2. The van der Waals surface area contributed by atoms with Gasteiger partial charge in [-0.05, 0) is 83.6 Å². The first-order valence-electron chi connectivity index (χ1n) is 11.7. The Morgan fingerprint density at radius 3 is 2.83 bits per heavy atom. The summed E-state index contributed by atoms with van der Waals surface area (Å²) in [4.78, 5) is 19.1. The number of rotatable bonds is 6. The lowest BCUT2D eigenvalue weighted by Crippen LogP contribution is -2.43. The smallest absolute Gasteiger partial charge is 0.273 e. The third kappa shape index (κ3) is 4.81. The SMILES string of the molecule is COc1cc2c(cc1Nc1nnc(C(N)=O)c(Nc3c(C)cccc3Br)n1)CN1CCCCC1C2. The number of nitrogens with zero attached hydrogens (tertiary/aromatic N) is 4. The number of ether oxygens (including phenoxy) is 1. The van der Waals surface area contributed by atoms with E-state index in [1.165, 1.54) is 30.4 Å². The maximum atomic E-state index is 12.0. The number of primary amides is 1. The van der Waals surface area contributed by atoms with E-state index in [0.717, 1.165) is 40.9 Å². The summed E-state index contributed by atoms with van der Waals surface area (Å²) in [6.07, 6.45) is 4.84. The number of carbonyl (C=O) groups is 1. The highest BCUT2D eigenvalue weighted by Gasteiger charge is 2.29. The van der Waals surface area contributed by atoms with Gasteiger partial charge in [-0.15, -0.1) is 10.2 Å². The molecule has 2 aliphatic rings. The molecule has 1 fully saturated rings. The van der Waals surface area contributed by atoms with Crippen LogP contribution in [0.2, 0.25) is 0 Å². The van der Waals surface area contributed by atoms with Gasteiger partial charge in [0.05, 0.1) is 18.5 Å². The van der Waals surface area contributed by atoms with Gasteiger partial charge in [-0.2, -0.15) is 4.98 Å². The fourth-order valence-electron chi connectivity index (χ4n) is 4.90. The van der Waals surface area contributed by atoms with E-state index in [4.69, 9.17) is 10.5 Å². The van der Waals surface area contributed by atoms with E-state index in [0.29, 0.717) is 11.8 Å². The first-order valence-corrected chi connectivity index (χ1v) is 12.5. The van der Waals surface area contributed by atoms with Crippen LogP contribution in [-0.2, 0) is 13.0 Å². The Bertz CT molecular complexity index is 1260. The molecule has 3 heterocycles. The van der Waals surface area contributed by atoms with Gasteiger partial charge < -0.3 is 21.1 Å². The highest BCUT2D eigenvalue weighted by atomic mass is 79.9. The van der Waals surface area contributed by atoms with Crippen molar-refractivity contribution in [1.29, 1.82) is 0 Å². The molecule has 182 valence electrons. The first-order chi connectivity index (χ1) is 16.9. The predicted molar refractivity (Wildman–Crippen MR) is 139 cm³/mol. The molecule has 35 heavy (non-hydrogen) atoms. The van der Waals surface area contributed by atoms with E-state index in [9.17, 15) is 4.79 Å². The maximum absolute atomic E-state index is 12.0. The Morgan fingerprint density at radius 2 is 2.06 bits per heavy atom. The summed E-state index contributed by atoms with van der Waals surface area (Å²) < 4.78 is 6.52. The molecule has 1 aromatic heterocycles. The molecule has 1 atom stereocenters. The van der Waals surface area contributed by atoms with E-state index in [1.54, 1.807) is 7.11 Å². The normalized spacial score (nSPS) is 17.3. The number of anilines is 4. The average molecular weight is 538 g/mol. The number of nitrogens with one attached hydrogen (secondary N) is 2. The van der Waals surface area contributed by atoms with Crippen molar-refractivity contribution in [2.75, 3.05) is 24.3 Å². The Labute approximate surface area is 212 Å². The molecule has 9 nitrogen and oxygen atoms in total. The summed E-state index contributed by atoms with van der Waals surface area (Å²) in [6, 6.07) is 10.6. The summed E-state index contributed by atoms with van der Waals surface area (Å²) in [7, 11) is 1.65. The molecule has 2 aromatic carbocycles. The largest absolute Gasteiger partial charge is 0.495 e. The molecule has 10 heteroatoms. The van der Waals surface area contributed by atoms with Gasteiger partial charge >= 0.3 is 0 Å². The first kappa shape index (κ1) is 23.5. The van der Waals surface area contributed by atoms with Gasteiger partial charge in [0.15, 0.2) is 11.5 Å². The standard InChI is InChI=1S/C25H28BrN7O2/c1-14-6-5-8-18(26)21(14)29-24-22(23(27)34)31-32-25(30-24)28-19-11-16-13-33-9-4-3-7-17(33)10-15(16)12-20(19)35-2/h5-6,8,11-12,17H,3-4,7,9-10,13H2,1-2H3,(H2,27,34)(H2,28,29,30,32). The molecule has 1 amide bonds. The highest BCUT2D eigenvalue weighted by Crippen LogP contribution is 2.37. The summed E-state index contributed by atoms with van der Waals surface area (Å²) in [5, 5.41) is 14.6. The van der Waals surface area contributed by atoms with Crippen LogP contribution in [-0.4, -0.2) is 45.7 Å². The van der Waals surface area contributed by atoms with Gasteiger partial charge in [0.2, 0.25) is 5.95 Å². The molecule has 3 aromatic rings. The summed E-state index contributed by atoms with van der Waals surface area (Å²) in [5.41, 5.74) is 10.6. The van der Waals surface area contributed by atoms with Gasteiger partial charge in [0.25, 0.3) is 5.91 Å². The van der Waals surface area contributed by atoms with Crippen LogP contribution in [0.4, 0.5) is 23.1 Å². The third-order valence-corrected chi connectivity index (χ3v) is 7.39. The zero-order chi connectivity index (χ0) is 24.5. The molecule has 1 saturated heterocycles. The van der Waals surface area contributed by atoms with E-state index < -0.39 is 5.91 Å². The molecular weight excluding hydrogens is 510 g/mol. The van der Waals surface area contributed by atoms with Crippen LogP contribution in [0.5, 0.6) is 5.75 Å². The minimum Gasteiger partial charge on any atom is -0.495 e. The van der Waals surface area contributed by atoms with Crippen molar-refractivity contribution in [3.63, 3.8) is 0 Å². The second kappa shape index (κ2) is 9.79. The number of fused-ring (bicyclic) bond motifs is 2. The number of piperidine rings is 1. The lowest BCUT2D eigenvalue weighted by Gasteiger charge is -2.40. The molecule has 0 spiro atoms. The van der Waals surface area contributed by atoms with Crippen LogP contribution in [0.1, 0.15) is 46.4 Å². The van der Waals surface area contributed by atoms with Gasteiger partial charge in [0.1, 0.15) is 5.75 Å². The Balaban J connectivity index is 1.47. The maximum Gasteiger partial charge on any atom is 0.273 e. The number of amides is 1. The number of methoxy groups -OCH3 is 1. The van der Waals surface area contributed by atoms with Crippen LogP contribution in [0, 0.1) is 6.92 Å². The second-order valence-electron chi connectivity index (χ2n) is 9.02. The van der Waals surface area contributed by atoms with Crippen LogP contribution in [0.3, 0.4) is 0 Å². The van der Waals surface area contributed by atoms with Crippen molar-refractivity contribution in [2.24, 2.45) is 5.73 Å². The Morgan fingerprint density at radius 1 is 1.20 bits per heavy atom. The monoisotopic (exact) mass is 537 g/mol. The number of halogens is 1. The molecule has 2 aliphatic heterocycles. The minimum absolute atomic E-state index is 0.0424. The summed E-state index contributed by atoms with van der Waals surface area (Å²) >= 11 is 3.54. The Kier molecular flexibility index (Phi) is 6.57. The molecular formula is C25H28BrN7O2. The van der Waals surface area contributed by atoms with E-state index in [-0.39, 0.29) is 17.5 Å². The average Bonchev–Trinajstić information content (AvgIpc) is 2.84. The van der Waals surface area contributed by atoms with Gasteiger partial charge in [-0.25, -0.2) is 0 Å². The van der Waals surface area contributed by atoms with Crippen molar-refractivity contribution in [3.05, 3.63) is 57.2 Å². The number of hydrogen-bond acceptors (Lipinski definition) is 8. The van der Waals surface area contributed by atoms with Crippen molar-refractivity contribution in [2.45, 2.75) is 45.2 Å². The van der Waals surface area contributed by atoms with Crippen molar-refractivity contribution >= 4 is 45.0 Å². The highest BCUT2D eigenvalue weighted by molar-refractivity contribution is 9.10. The molecule has 5 rings (SSSR count). The number of nitrogens with two attached hydrogens (primary N) is 1. The quantitative estimate of drug-likeness (QED) is 0.422. The van der Waals surface area contributed by atoms with Gasteiger partial charge in [-0.1, -0.05) is 18.6 Å². The number of para-hydroxylation sites is 1. The fourth-order valence-corrected chi connectivity index (χ4v) is 5.47. The minimum atomic E-state index is -0.716. The van der Waals surface area contributed by atoms with Crippen molar-refractivity contribution < 1.29 is 9.53 Å². The number of aromatic nitrogens is 3. The lowest BCUT2D eigenvalue weighted by atomic mass is 9.88. The Hall–Kier alpha value is -3.24. The zero-order valence-electron chi connectivity index (χ0n) is 19.8. The molecule has 0 saturated carbocycles. The number of aryl methyl sites for hydroxylation is 1. The van der Waals surface area contributed by atoms with Crippen molar-refractivity contribution in [1.82, 2.24) is 20.1 Å². The summed E-state index contributed by atoms with van der Waals surface area (Å²) in [6.45, 7) is 4.02. The van der Waals surface area contributed by atoms with Gasteiger partial charge in [0, 0.05) is 17.1 Å². The number of carbonyl (C=O) groups excluding carboxylic acids is 1. The van der Waals surface area contributed by atoms with Gasteiger partial charge in [-0.3, -0.25) is 9.69 Å². The molecule has 1 unspecified atom stereocenters. The molecule has 0 bridgehead atoms. The zero-order valence-corrected chi connectivity index (χ0v) is 21.4. The predicted octanol–water partition coefficient (Wildman–Crippen LogP) is 4.45.